The zero-order valence-electron chi connectivity index (χ0n) is 10.0. The number of nitrogens with two attached hydrogens (primary N) is 1. The fourth-order valence-corrected chi connectivity index (χ4v) is 2.38. The van der Waals surface area contributed by atoms with Crippen LogP contribution in [0.4, 0.5) is 10.6 Å². The number of primary amides is 1. The Bertz CT molecular complexity index is 407. The lowest BCUT2D eigenvalue weighted by Crippen LogP contribution is -2.31. The Balaban J connectivity index is 2.26. The summed E-state index contributed by atoms with van der Waals surface area (Å²) in [5.41, 5.74) is 6.20. The normalized spacial score (nSPS) is 21.1. The molecule has 1 saturated heterocycles. The molecule has 0 bridgehead atoms. The Morgan fingerprint density at radius 2 is 2.41 bits per heavy atom. The number of carbonyl (C=O) groups excluding carboxylic acids is 1. The van der Waals surface area contributed by atoms with Gasteiger partial charge in [-0.3, -0.25) is 10.2 Å². The molecular formula is C12H18N4O. The molecule has 0 radical (unpaired) electrons. The molecule has 1 atom stereocenters. The van der Waals surface area contributed by atoms with Crippen molar-refractivity contribution in [2.45, 2.75) is 25.3 Å². The maximum atomic E-state index is 10.9. The van der Waals surface area contributed by atoms with Gasteiger partial charge < -0.3 is 5.73 Å². The molecule has 17 heavy (non-hydrogen) atoms. The first kappa shape index (κ1) is 11.9. The number of carbonyl (C=O) groups is 1. The molecule has 1 aromatic heterocycles. The minimum atomic E-state index is -0.566. The van der Waals surface area contributed by atoms with Gasteiger partial charge in [-0.2, -0.15) is 0 Å². The molecule has 92 valence electrons. The van der Waals surface area contributed by atoms with Crippen LogP contribution >= 0.6 is 0 Å². The lowest BCUT2D eigenvalue weighted by Gasteiger charge is -2.33. The predicted octanol–water partition coefficient (Wildman–Crippen LogP) is 1.73. The molecule has 5 heteroatoms. The third kappa shape index (κ3) is 2.74. The number of likely N-dealkylation sites (tertiary alicyclic amines) is 1. The molecule has 1 unspecified atom stereocenters. The van der Waals surface area contributed by atoms with Crippen LogP contribution in [0.2, 0.25) is 0 Å². The number of pyridine rings is 1. The van der Waals surface area contributed by atoms with Crippen LogP contribution in [0.5, 0.6) is 0 Å². The van der Waals surface area contributed by atoms with Crippen molar-refractivity contribution in [1.29, 1.82) is 0 Å². The van der Waals surface area contributed by atoms with Gasteiger partial charge in [0.05, 0.1) is 0 Å². The molecule has 1 aromatic rings. The molecule has 0 spiro atoms. The Labute approximate surface area is 101 Å². The molecule has 2 rings (SSSR count). The number of hydrogen-bond donors (Lipinski definition) is 2. The highest BCUT2D eigenvalue weighted by molar-refractivity contribution is 5.87. The van der Waals surface area contributed by atoms with Crippen molar-refractivity contribution < 1.29 is 4.79 Å². The van der Waals surface area contributed by atoms with E-state index in [0.717, 1.165) is 18.5 Å². The molecule has 2 heterocycles. The molecule has 2 amide bonds. The van der Waals surface area contributed by atoms with Gasteiger partial charge in [0.25, 0.3) is 0 Å². The number of anilines is 1. The zero-order valence-corrected chi connectivity index (χ0v) is 10.0. The highest BCUT2D eigenvalue weighted by atomic mass is 16.2. The summed E-state index contributed by atoms with van der Waals surface area (Å²) in [5, 5.41) is 2.59. The van der Waals surface area contributed by atoms with Crippen LogP contribution < -0.4 is 11.1 Å². The van der Waals surface area contributed by atoms with Crippen LogP contribution in [0.1, 0.15) is 30.9 Å². The minimum absolute atomic E-state index is 0.319. The molecule has 0 aliphatic carbocycles. The van der Waals surface area contributed by atoms with Crippen molar-refractivity contribution in [3.8, 4) is 0 Å². The highest BCUT2D eigenvalue weighted by Crippen LogP contribution is 2.32. The molecule has 0 aromatic carbocycles. The summed E-state index contributed by atoms with van der Waals surface area (Å²) in [6, 6.07) is 3.65. The minimum Gasteiger partial charge on any atom is -0.351 e. The van der Waals surface area contributed by atoms with E-state index in [1.54, 1.807) is 6.20 Å². The van der Waals surface area contributed by atoms with E-state index >= 15 is 0 Å². The predicted molar refractivity (Wildman–Crippen MR) is 66.7 cm³/mol. The van der Waals surface area contributed by atoms with Gasteiger partial charge in [0, 0.05) is 17.8 Å². The van der Waals surface area contributed by atoms with Crippen LogP contribution in [0.3, 0.4) is 0 Å². The van der Waals surface area contributed by atoms with Gasteiger partial charge in [-0.25, -0.2) is 9.78 Å². The van der Waals surface area contributed by atoms with Gasteiger partial charge >= 0.3 is 6.03 Å². The van der Waals surface area contributed by atoms with E-state index in [1.807, 2.05) is 12.1 Å². The summed E-state index contributed by atoms with van der Waals surface area (Å²) in [4.78, 5) is 17.4. The molecule has 1 aliphatic rings. The largest absolute Gasteiger partial charge is 0.351 e. The second-order valence-electron chi connectivity index (χ2n) is 4.42. The second kappa shape index (κ2) is 5.14. The van der Waals surface area contributed by atoms with Crippen LogP contribution in [0.15, 0.2) is 18.3 Å². The SMILES string of the molecule is CN1CCCCC1c1cccnc1NC(N)=O. The number of nitrogens with one attached hydrogen (secondary N) is 1. The van der Waals surface area contributed by atoms with Gasteiger partial charge in [0.15, 0.2) is 0 Å². The van der Waals surface area contributed by atoms with Crippen molar-refractivity contribution >= 4 is 11.8 Å². The molecule has 3 N–H and O–H groups in total. The van der Waals surface area contributed by atoms with Crippen molar-refractivity contribution in [2.75, 3.05) is 18.9 Å². The molecule has 0 saturated carbocycles. The van der Waals surface area contributed by atoms with E-state index in [9.17, 15) is 4.79 Å². The summed E-state index contributed by atoms with van der Waals surface area (Å²) in [6.45, 7) is 1.08. The van der Waals surface area contributed by atoms with E-state index < -0.39 is 6.03 Å². The number of amides is 2. The molecular weight excluding hydrogens is 216 g/mol. The van der Waals surface area contributed by atoms with Gasteiger partial charge in [-0.05, 0) is 32.5 Å². The number of rotatable bonds is 2. The lowest BCUT2D eigenvalue weighted by molar-refractivity contribution is 0.187. The number of nitrogens with zero attached hydrogens (tertiary/aromatic N) is 2. The first-order chi connectivity index (χ1) is 8.18. The van der Waals surface area contributed by atoms with Crippen molar-refractivity contribution in [2.24, 2.45) is 5.73 Å². The third-order valence-corrected chi connectivity index (χ3v) is 3.21. The quantitative estimate of drug-likeness (QED) is 0.818. The second-order valence-corrected chi connectivity index (χ2v) is 4.42. The Kier molecular flexibility index (Phi) is 3.58. The maximum Gasteiger partial charge on any atom is 0.317 e. The van der Waals surface area contributed by atoms with Crippen LogP contribution in [-0.4, -0.2) is 29.5 Å². The fourth-order valence-electron chi connectivity index (χ4n) is 2.38. The lowest BCUT2D eigenvalue weighted by atomic mass is 9.96. The molecule has 5 nitrogen and oxygen atoms in total. The Hall–Kier alpha value is -1.62. The average Bonchev–Trinajstić information content (AvgIpc) is 2.30. The first-order valence-corrected chi connectivity index (χ1v) is 5.90. The van der Waals surface area contributed by atoms with Crippen molar-refractivity contribution in [3.63, 3.8) is 0 Å². The monoisotopic (exact) mass is 234 g/mol. The summed E-state index contributed by atoms with van der Waals surface area (Å²) in [6.07, 6.45) is 5.19. The van der Waals surface area contributed by atoms with Crippen LogP contribution in [0, 0.1) is 0 Å². The number of urea groups is 1. The van der Waals surface area contributed by atoms with Crippen molar-refractivity contribution in [1.82, 2.24) is 9.88 Å². The Morgan fingerprint density at radius 3 is 3.12 bits per heavy atom. The van der Waals surface area contributed by atoms with E-state index in [0.29, 0.717) is 11.9 Å². The van der Waals surface area contributed by atoms with Gasteiger partial charge in [0.2, 0.25) is 0 Å². The van der Waals surface area contributed by atoms with E-state index in [4.69, 9.17) is 5.73 Å². The van der Waals surface area contributed by atoms with Crippen LogP contribution in [-0.2, 0) is 0 Å². The summed E-state index contributed by atoms with van der Waals surface area (Å²) in [5.74, 6) is 0.582. The highest BCUT2D eigenvalue weighted by Gasteiger charge is 2.23. The fraction of sp³-hybridized carbons (Fsp3) is 0.500. The van der Waals surface area contributed by atoms with E-state index in [1.165, 1.54) is 12.8 Å². The summed E-state index contributed by atoms with van der Waals surface area (Å²) in [7, 11) is 2.10. The molecule has 1 fully saturated rings. The van der Waals surface area contributed by atoms with E-state index in [2.05, 4.69) is 22.2 Å². The van der Waals surface area contributed by atoms with Crippen LogP contribution in [0.25, 0.3) is 0 Å². The Morgan fingerprint density at radius 1 is 1.59 bits per heavy atom. The first-order valence-electron chi connectivity index (χ1n) is 5.90. The maximum absolute atomic E-state index is 10.9. The summed E-state index contributed by atoms with van der Waals surface area (Å²) < 4.78 is 0. The smallest absolute Gasteiger partial charge is 0.317 e. The third-order valence-electron chi connectivity index (χ3n) is 3.21. The van der Waals surface area contributed by atoms with Gasteiger partial charge in [-0.15, -0.1) is 0 Å². The average molecular weight is 234 g/mol. The summed E-state index contributed by atoms with van der Waals surface area (Å²) >= 11 is 0. The topological polar surface area (TPSA) is 71.2 Å². The van der Waals surface area contributed by atoms with Crippen molar-refractivity contribution in [3.05, 3.63) is 23.9 Å². The van der Waals surface area contributed by atoms with Gasteiger partial charge in [0.1, 0.15) is 5.82 Å². The zero-order chi connectivity index (χ0) is 12.3. The molecule has 1 aliphatic heterocycles. The van der Waals surface area contributed by atoms with E-state index in [-0.39, 0.29) is 0 Å². The standard InChI is InChI=1S/C12H18N4O/c1-16-8-3-2-6-10(16)9-5-4-7-14-11(9)15-12(13)17/h4-5,7,10H,2-3,6,8H2,1H3,(H3,13,14,15,17). The van der Waals surface area contributed by atoms with Gasteiger partial charge in [-0.1, -0.05) is 12.5 Å². The number of piperidine rings is 1. The number of aromatic nitrogens is 1. The number of hydrogen-bond acceptors (Lipinski definition) is 3.